The summed E-state index contributed by atoms with van der Waals surface area (Å²) in [4.78, 5) is 12.5. The van der Waals surface area contributed by atoms with Gasteiger partial charge < -0.3 is 16.4 Å². The molecule has 20 heavy (non-hydrogen) atoms. The van der Waals surface area contributed by atoms with Crippen LogP contribution in [0.25, 0.3) is 5.65 Å². The second kappa shape index (κ2) is 4.65. The minimum atomic E-state index is 0.393. The Hall–Kier alpha value is -2.90. The normalized spacial score (nSPS) is 10.7. The number of nitrogen functional groups attached to an aromatic ring is 1. The molecule has 0 fully saturated rings. The number of nitrogens with zero attached hydrogens (tertiary/aromatic N) is 5. The van der Waals surface area contributed by atoms with Gasteiger partial charge in [-0.05, 0) is 18.6 Å². The van der Waals surface area contributed by atoms with Crippen LogP contribution in [0.15, 0.2) is 24.8 Å². The van der Waals surface area contributed by atoms with Gasteiger partial charge in [0, 0.05) is 7.05 Å². The highest BCUT2D eigenvalue weighted by Gasteiger charge is 2.07. The fourth-order valence-electron chi connectivity index (χ4n) is 1.86. The van der Waals surface area contributed by atoms with Crippen molar-refractivity contribution in [3.63, 3.8) is 0 Å². The predicted octanol–water partition coefficient (Wildman–Crippen LogP) is 1.20. The number of anilines is 4. The number of rotatable bonds is 3. The number of aromatic nitrogens is 5. The lowest BCUT2D eigenvalue weighted by Gasteiger charge is -2.10. The van der Waals surface area contributed by atoms with Crippen LogP contribution >= 0.6 is 0 Å². The van der Waals surface area contributed by atoms with E-state index < -0.39 is 0 Å². The van der Waals surface area contributed by atoms with Crippen LogP contribution in [-0.4, -0.2) is 31.6 Å². The van der Waals surface area contributed by atoms with E-state index in [1.165, 1.54) is 6.33 Å². The molecule has 0 aliphatic heterocycles. The van der Waals surface area contributed by atoms with Gasteiger partial charge in [-0.15, -0.1) is 0 Å². The van der Waals surface area contributed by atoms with E-state index >= 15 is 0 Å². The molecular formula is C12H14N8. The fourth-order valence-corrected chi connectivity index (χ4v) is 1.86. The van der Waals surface area contributed by atoms with E-state index in [2.05, 4.69) is 30.7 Å². The van der Waals surface area contributed by atoms with Crippen LogP contribution in [0.4, 0.5) is 23.1 Å². The second-order valence-corrected chi connectivity index (χ2v) is 4.30. The molecule has 8 heteroatoms. The molecule has 0 spiro atoms. The van der Waals surface area contributed by atoms with E-state index in [-0.39, 0.29) is 0 Å². The Bertz CT molecular complexity index is 763. The molecule has 0 radical (unpaired) electrons. The van der Waals surface area contributed by atoms with Crippen LogP contribution in [0.2, 0.25) is 0 Å². The zero-order valence-corrected chi connectivity index (χ0v) is 11.1. The second-order valence-electron chi connectivity index (χ2n) is 4.30. The van der Waals surface area contributed by atoms with Crippen molar-refractivity contribution >= 4 is 28.8 Å². The van der Waals surface area contributed by atoms with Crippen molar-refractivity contribution in [2.24, 2.45) is 0 Å². The Morgan fingerprint density at radius 2 is 2.10 bits per heavy atom. The Balaban J connectivity index is 1.96. The van der Waals surface area contributed by atoms with Crippen LogP contribution in [0.3, 0.4) is 0 Å². The summed E-state index contributed by atoms with van der Waals surface area (Å²) in [5.41, 5.74) is 9.17. The summed E-state index contributed by atoms with van der Waals surface area (Å²) in [5.74, 6) is 0.827. The Morgan fingerprint density at radius 1 is 1.25 bits per heavy atom. The van der Waals surface area contributed by atoms with E-state index in [1.807, 2.05) is 19.2 Å². The molecule has 0 aromatic carbocycles. The first-order valence-corrected chi connectivity index (χ1v) is 6.04. The van der Waals surface area contributed by atoms with Gasteiger partial charge in [-0.2, -0.15) is 10.1 Å². The Kier molecular flexibility index (Phi) is 2.82. The van der Waals surface area contributed by atoms with Gasteiger partial charge in [0.1, 0.15) is 6.33 Å². The molecule has 0 atom stereocenters. The zero-order chi connectivity index (χ0) is 14.1. The average molecular weight is 270 g/mol. The van der Waals surface area contributed by atoms with Crippen LogP contribution in [-0.2, 0) is 0 Å². The van der Waals surface area contributed by atoms with Crippen molar-refractivity contribution in [3.05, 3.63) is 30.4 Å². The van der Waals surface area contributed by atoms with Gasteiger partial charge in [-0.25, -0.2) is 14.5 Å². The monoisotopic (exact) mass is 270 g/mol. The molecule has 0 aliphatic rings. The van der Waals surface area contributed by atoms with E-state index in [4.69, 9.17) is 5.73 Å². The van der Waals surface area contributed by atoms with Crippen molar-refractivity contribution in [1.29, 1.82) is 0 Å². The third-order valence-electron chi connectivity index (χ3n) is 2.96. The number of aryl methyl sites for hydroxylation is 1. The largest absolute Gasteiger partial charge is 0.384 e. The van der Waals surface area contributed by atoms with Crippen LogP contribution in [0.1, 0.15) is 5.56 Å². The maximum atomic E-state index is 5.82. The smallest absolute Gasteiger partial charge is 0.229 e. The summed E-state index contributed by atoms with van der Waals surface area (Å²) >= 11 is 0. The average Bonchev–Trinajstić information content (AvgIpc) is 2.86. The minimum Gasteiger partial charge on any atom is -0.384 e. The number of hydrogen-bond acceptors (Lipinski definition) is 7. The van der Waals surface area contributed by atoms with E-state index in [9.17, 15) is 0 Å². The number of fused-ring (bicyclic) bond motifs is 1. The number of nitrogens with two attached hydrogens (primary N) is 1. The van der Waals surface area contributed by atoms with Crippen LogP contribution < -0.4 is 16.4 Å². The first kappa shape index (κ1) is 12.2. The van der Waals surface area contributed by atoms with Crippen molar-refractivity contribution in [1.82, 2.24) is 24.6 Å². The molecule has 0 saturated heterocycles. The lowest BCUT2D eigenvalue weighted by atomic mass is 10.2. The third kappa shape index (κ3) is 2.07. The highest BCUT2D eigenvalue weighted by Crippen LogP contribution is 2.21. The van der Waals surface area contributed by atoms with Crippen molar-refractivity contribution in [3.8, 4) is 0 Å². The van der Waals surface area contributed by atoms with Gasteiger partial charge in [-0.1, -0.05) is 0 Å². The summed E-state index contributed by atoms with van der Waals surface area (Å²) in [6.07, 6.45) is 4.98. The molecule has 8 nitrogen and oxygen atoms in total. The molecule has 0 unspecified atom stereocenters. The van der Waals surface area contributed by atoms with Gasteiger partial charge in [-0.3, -0.25) is 0 Å². The maximum Gasteiger partial charge on any atom is 0.229 e. The summed E-state index contributed by atoms with van der Waals surface area (Å²) in [6, 6.07) is 1.93. The molecule has 3 heterocycles. The van der Waals surface area contributed by atoms with Gasteiger partial charge in [0.2, 0.25) is 5.95 Å². The lowest BCUT2D eigenvalue weighted by molar-refractivity contribution is 0.958. The molecule has 102 valence electrons. The van der Waals surface area contributed by atoms with Gasteiger partial charge in [0.05, 0.1) is 23.8 Å². The van der Waals surface area contributed by atoms with Crippen LogP contribution in [0.5, 0.6) is 0 Å². The Morgan fingerprint density at radius 3 is 2.85 bits per heavy atom. The molecule has 0 bridgehead atoms. The highest BCUT2D eigenvalue weighted by atomic mass is 15.3. The standard InChI is InChI=1S/C12H14N8/c1-7-3-10-16-6-17-20(10)5-9(7)18-12-15-4-8(14-2)11(13)19-12/h3-6,14H,1-2H3,(H3,13,15,18,19). The predicted molar refractivity (Wildman–Crippen MR) is 77.0 cm³/mol. The molecule has 0 amide bonds. The molecule has 0 saturated carbocycles. The number of nitrogens with one attached hydrogen (secondary N) is 2. The van der Waals surface area contributed by atoms with E-state index in [1.54, 1.807) is 17.8 Å². The molecule has 3 aromatic rings. The lowest BCUT2D eigenvalue weighted by Crippen LogP contribution is -2.05. The topological polar surface area (TPSA) is 106 Å². The van der Waals surface area contributed by atoms with Crippen molar-refractivity contribution in [2.75, 3.05) is 23.4 Å². The van der Waals surface area contributed by atoms with Gasteiger partial charge in [0.25, 0.3) is 0 Å². The van der Waals surface area contributed by atoms with Gasteiger partial charge in [0.15, 0.2) is 11.5 Å². The Labute approximate surface area is 115 Å². The highest BCUT2D eigenvalue weighted by molar-refractivity contribution is 5.65. The summed E-state index contributed by atoms with van der Waals surface area (Å²) in [6.45, 7) is 1.97. The van der Waals surface area contributed by atoms with E-state index in [0.29, 0.717) is 17.5 Å². The quantitative estimate of drug-likeness (QED) is 0.656. The minimum absolute atomic E-state index is 0.393. The van der Waals surface area contributed by atoms with Crippen LogP contribution in [0, 0.1) is 6.92 Å². The fraction of sp³-hybridized carbons (Fsp3) is 0.167. The number of hydrogen-bond donors (Lipinski definition) is 3. The maximum absolute atomic E-state index is 5.82. The SMILES string of the molecule is CNc1cnc(Nc2cn3ncnc3cc2C)nc1N. The molecule has 4 N–H and O–H groups in total. The summed E-state index contributed by atoms with van der Waals surface area (Å²) < 4.78 is 1.68. The molecular weight excluding hydrogens is 256 g/mol. The number of pyridine rings is 1. The first-order chi connectivity index (χ1) is 9.67. The molecule has 0 aliphatic carbocycles. The van der Waals surface area contributed by atoms with Gasteiger partial charge >= 0.3 is 0 Å². The van der Waals surface area contributed by atoms with E-state index in [0.717, 1.165) is 16.9 Å². The summed E-state index contributed by atoms with van der Waals surface area (Å²) in [5, 5.41) is 10.1. The third-order valence-corrected chi connectivity index (χ3v) is 2.96. The molecule has 3 aromatic heterocycles. The first-order valence-electron chi connectivity index (χ1n) is 6.04. The zero-order valence-electron chi connectivity index (χ0n) is 11.1. The molecule has 3 rings (SSSR count). The van der Waals surface area contributed by atoms with Crippen molar-refractivity contribution in [2.45, 2.75) is 6.92 Å². The van der Waals surface area contributed by atoms with Crippen molar-refractivity contribution < 1.29 is 0 Å². The summed E-state index contributed by atoms with van der Waals surface area (Å²) in [7, 11) is 1.77.